The third-order valence-corrected chi connectivity index (χ3v) is 7.97. The fourth-order valence-electron chi connectivity index (χ4n) is 3.44. The molecule has 1 fully saturated rings. The maximum absolute atomic E-state index is 13.5. The molecule has 0 spiro atoms. The van der Waals surface area contributed by atoms with Gasteiger partial charge >= 0.3 is 0 Å². The first kappa shape index (κ1) is 25.0. The van der Waals surface area contributed by atoms with Gasteiger partial charge in [0.2, 0.25) is 11.8 Å². The fourth-order valence-corrected chi connectivity index (χ4v) is 4.61. The van der Waals surface area contributed by atoms with Crippen molar-refractivity contribution in [2.45, 2.75) is 61.3 Å². The Morgan fingerprint density at radius 2 is 1.90 bits per heavy atom. The van der Waals surface area contributed by atoms with E-state index in [4.69, 9.17) is 46.4 Å². The van der Waals surface area contributed by atoms with Crippen molar-refractivity contribution in [3.8, 4) is 0 Å². The van der Waals surface area contributed by atoms with Crippen molar-refractivity contribution in [1.29, 1.82) is 0 Å². The van der Waals surface area contributed by atoms with Crippen LogP contribution < -0.4 is 0 Å². The Kier molecular flexibility index (Phi) is 9.81. The number of alkyl halides is 4. The standard InChI is InChI=1S/C19H27Cl4N3O2S/c1-11(16(20)21)9-14(25(3)15(27)10-12(2)17(22)23)19(28)26-7-4-5-13(26)18-24-6-8-29-18/h6,8,11-14,16-17H,4-5,7,9-10H2,1-3H3/t11-,12-,13+,14+/m1/s1. The molecule has 0 N–H and O–H groups in total. The number of hydrogen-bond donors (Lipinski definition) is 0. The number of nitrogens with zero attached hydrogens (tertiary/aromatic N) is 3. The lowest BCUT2D eigenvalue weighted by atomic mass is 9.99. The van der Waals surface area contributed by atoms with Gasteiger partial charge in [0.25, 0.3) is 0 Å². The Bertz CT molecular complexity index is 674. The maximum Gasteiger partial charge on any atom is 0.245 e. The number of carbonyl (C=O) groups is 2. The summed E-state index contributed by atoms with van der Waals surface area (Å²) in [4.78, 5) is 32.8. The Morgan fingerprint density at radius 3 is 2.45 bits per heavy atom. The molecular weight excluding hydrogens is 476 g/mol. The van der Waals surface area contributed by atoms with E-state index in [0.717, 1.165) is 17.8 Å². The number of rotatable bonds is 9. The molecule has 2 rings (SSSR count). The first-order valence-corrected chi connectivity index (χ1v) is 12.3. The Morgan fingerprint density at radius 1 is 1.24 bits per heavy atom. The van der Waals surface area contributed by atoms with Gasteiger partial charge in [-0.15, -0.1) is 57.7 Å². The van der Waals surface area contributed by atoms with Crippen LogP contribution in [0.25, 0.3) is 0 Å². The van der Waals surface area contributed by atoms with Crippen LogP contribution in [0.5, 0.6) is 0 Å². The number of halogens is 4. The summed E-state index contributed by atoms with van der Waals surface area (Å²) < 4.78 is 0. The van der Waals surface area contributed by atoms with E-state index in [0.29, 0.717) is 13.0 Å². The number of amides is 2. The van der Waals surface area contributed by atoms with Crippen LogP contribution in [-0.4, -0.2) is 55.9 Å². The Hall–Kier alpha value is -0.270. The van der Waals surface area contributed by atoms with Crippen LogP contribution in [-0.2, 0) is 9.59 Å². The van der Waals surface area contributed by atoms with Crippen molar-refractivity contribution in [2.75, 3.05) is 13.6 Å². The molecule has 0 unspecified atom stereocenters. The third kappa shape index (κ3) is 6.60. The molecule has 0 radical (unpaired) electrons. The molecule has 5 nitrogen and oxygen atoms in total. The Balaban J connectivity index is 2.22. The lowest BCUT2D eigenvalue weighted by Crippen LogP contribution is -2.50. The van der Waals surface area contributed by atoms with Gasteiger partial charge in [-0.25, -0.2) is 4.98 Å². The highest BCUT2D eigenvalue weighted by atomic mass is 35.5. The topological polar surface area (TPSA) is 53.5 Å². The minimum absolute atomic E-state index is 0.0550. The van der Waals surface area contributed by atoms with Crippen molar-refractivity contribution in [3.63, 3.8) is 0 Å². The van der Waals surface area contributed by atoms with Crippen LogP contribution in [0.3, 0.4) is 0 Å². The molecule has 164 valence electrons. The number of carbonyl (C=O) groups excluding carboxylic acids is 2. The van der Waals surface area contributed by atoms with E-state index in [1.165, 1.54) is 4.90 Å². The minimum Gasteiger partial charge on any atom is -0.334 e. The minimum atomic E-state index is -0.658. The molecule has 1 aliphatic rings. The quantitative estimate of drug-likeness (QED) is 0.431. The van der Waals surface area contributed by atoms with Crippen molar-refractivity contribution < 1.29 is 9.59 Å². The molecule has 0 aromatic carbocycles. The van der Waals surface area contributed by atoms with Gasteiger partial charge in [0.15, 0.2) is 0 Å². The van der Waals surface area contributed by atoms with Gasteiger partial charge in [0.1, 0.15) is 20.7 Å². The van der Waals surface area contributed by atoms with E-state index in [1.54, 1.807) is 24.6 Å². The number of thiazole rings is 1. The summed E-state index contributed by atoms with van der Waals surface area (Å²) in [6.07, 6.45) is 4.05. The van der Waals surface area contributed by atoms with Crippen LogP contribution in [0, 0.1) is 11.8 Å². The van der Waals surface area contributed by atoms with Gasteiger partial charge in [0.05, 0.1) is 6.04 Å². The second kappa shape index (κ2) is 11.4. The number of likely N-dealkylation sites (tertiary alicyclic amines) is 1. The van der Waals surface area contributed by atoms with E-state index >= 15 is 0 Å². The van der Waals surface area contributed by atoms with Crippen molar-refractivity contribution in [2.24, 2.45) is 11.8 Å². The number of aromatic nitrogens is 1. The van der Waals surface area contributed by atoms with Crippen LogP contribution >= 0.6 is 57.7 Å². The van der Waals surface area contributed by atoms with E-state index in [1.807, 2.05) is 24.1 Å². The maximum atomic E-state index is 13.5. The van der Waals surface area contributed by atoms with Crippen molar-refractivity contribution in [1.82, 2.24) is 14.8 Å². The van der Waals surface area contributed by atoms with Gasteiger partial charge in [-0.1, -0.05) is 13.8 Å². The highest BCUT2D eigenvalue weighted by molar-refractivity contribution is 7.09. The molecule has 0 aliphatic carbocycles. The van der Waals surface area contributed by atoms with E-state index < -0.39 is 15.7 Å². The molecule has 10 heteroatoms. The average Bonchev–Trinajstić information content (AvgIpc) is 3.35. The smallest absolute Gasteiger partial charge is 0.245 e. The number of hydrogen-bond acceptors (Lipinski definition) is 4. The van der Waals surface area contributed by atoms with Crippen LogP contribution in [0.1, 0.15) is 50.6 Å². The van der Waals surface area contributed by atoms with Gasteiger partial charge in [-0.2, -0.15) is 0 Å². The molecule has 1 aromatic rings. The first-order chi connectivity index (χ1) is 13.6. The molecule has 1 aromatic heterocycles. The zero-order valence-electron chi connectivity index (χ0n) is 16.7. The monoisotopic (exact) mass is 501 g/mol. The van der Waals surface area contributed by atoms with Crippen LogP contribution in [0.2, 0.25) is 0 Å². The molecule has 0 saturated carbocycles. The normalized spacial score (nSPS) is 20.2. The molecular formula is C19H27Cl4N3O2S. The summed E-state index contributed by atoms with van der Waals surface area (Å²) in [5.41, 5.74) is 0. The molecule has 4 atom stereocenters. The summed E-state index contributed by atoms with van der Waals surface area (Å²) in [7, 11) is 1.65. The van der Waals surface area contributed by atoms with Gasteiger partial charge in [-0.3, -0.25) is 9.59 Å². The lowest BCUT2D eigenvalue weighted by molar-refractivity contribution is -0.146. The predicted molar refractivity (Wildman–Crippen MR) is 121 cm³/mol. The zero-order valence-corrected chi connectivity index (χ0v) is 20.6. The summed E-state index contributed by atoms with van der Waals surface area (Å²) in [5, 5.41) is 2.83. The fraction of sp³-hybridized carbons (Fsp3) is 0.737. The summed E-state index contributed by atoms with van der Waals surface area (Å²) in [6, 6.07) is -0.713. The number of likely N-dealkylation sites (N-methyl/N-ethyl adjacent to an activating group) is 1. The predicted octanol–water partition coefficient (Wildman–Crippen LogP) is 5.29. The second-order valence-corrected chi connectivity index (χ2v) is 10.9. The lowest BCUT2D eigenvalue weighted by Gasteiger charge is -2.35. The molecule has 29 heavy (non-hydrogen) atoms. The van der Waals surface area contributed by atoms with Crippen molar-refractivity contribution in [3.05, 3.63) is 16.6 Å². The van der Waals surface area contributed by atoms with Crippen molar-refractivity contribution >= 4 is 69.6 Å². The summed E-state index contributed by atoms with van der Waals surface area (Å²) in [5.74, 6) is -0.653. The molecule has 2 amide bonds. The highest BCUT2D eigenvalue weighted by Gasteiger charge is 2.39. The Labute approximate surface area is 196 Å². The van der Waals surface area contributed by atoms with Gasteiger partial charge < -0.3 is 9.80 Å². The van der Waals surface area contributed by atoms with Gasteiger partial charge in [-0.05, 0) is 31.1 Å². The molecule has 2 heterocycles. The third-order valence-electron chi connectivity index (χ3n) is 5.37. The average molecular weight is 503 g/mol. The largest absolute Gasteiger partial charge is 0.334 e. The van der Waals surface area contributed by atoms with E-state index in [9.17, 15) is 9.59 Å². The van der Waals surface area contributed by atoms with Gasteiger partial charge in [0, 0.05) is 31.6 Å². The zero-order chi connectivity index (χ0) is 21.7. The second-order valence-electron chi connectivity index (χ2n) is 7.64. The SMILES string of the molecule is C[C@H](CC(=O)N(C)[C@@H](C[C@@H](C)C(Cl)Cl)C(=O)N1CCC[C@H]1c1nccs1)C(Cl)Cl. The van der Waals surface area contributed by atoms with Crippen LogP contribution in [0.4, 0.5) is 0 Å². The molecule has 0 bridgehead atoms. The first-order valence-electron chi connectivity index (χ1n) is 9.65. The summed E-state index contributed by atoms with van der Waals surface area (Å²) >= 11 is 25.4. The van der Waals surface area contributed by atoms with Crippen LogP contribution in [0.15, 0.2) is 11.6 Å². The summed E-state index contributed by atoms with van der Waals surface area (Å²) in [6.45, 7) is 4.33. The van der Waals surface area contributed by atoms with E-state index in [-0.39, 0.29) is 36.1 Å². The highest BCUT2D eigenvalue weighted by Crippen LogP contribution is 2.35. The van der Waals surface area contributed by atoms with E-state index in [2.05, 4.69) is 4.98 Å². The molecule has 1 aliphatic heterocycles. The molecule has 1 saturated heterocycles.